The van der Waals surface area contributed by atoms with Crippen molar-refractivity contribution in [2.75, 3.05) is 20.3 Å². The summed E-state index contributed by atoms with van der Waals surface area (Å²) < 4.78 is 4.79. The van der Waals surface area contributed by atoms with Crippen LogP contribution in [0.1, 0.15) is 12.0 Å². The normalized spacial score (nSPS) is 11.9. The monoisotopic (exact) mass is 252 g/mol. The molecule has 100 valence electrons. The van der Waals surface area contributed by atoms with Crippen LogP contribution >= 0.6 is 0 Å². The Kier molecular flexibility index (Phi) is 6.83. The summed E-state index contributed by atoms with van der Waals surface area (Å²) in [6.07, 6.45) is -0.0588. The first-order valence-electron chi connectivity index (χ1n) is 5.95. The summed E-state index contributed by atoms with van der Waals surface area (Å²) in [6, 6.07) is 9.45. The first kappa shape index (κ1) is 14.5. The molecule has 0 bridgehead atoms. The van der Waals surface area contributed by atoms with E-state index in [0.29, 0.717) is 19.5 Å². The third-order valence-corrected chi connectivity index (χ3v) is 2.42. The zero-order chi connectivity index (χ0) is 13.2. The Morgan fingerprint density at radius 1 is 1.33 bits per heavy atom. The Hall–Kier alpha value is -1.59. The maximum atomic E-state index is 11.4. The van der Waals surface area contributed by atoms with Crippen molar-refractivity contribution in [2.45, 2.75) is 19.1 Å². The van der Waals surface area contributed by atoms with E-state index in [4.69, 9.17) is 4.74 Å². The van der Waals surface area contributed by atoms with E-state index in [-0.39, 0.29) is 12.6 Å². The average Bonchev–Trinajstić information content (AvgIpc) is 2.38. The van der Waals surface area contributed by atoms with Gasteiger partial charge in [0.25, 0.3) is 0 Å². The average molecular weight is 252 g/mol. The zero-order valence-electron chi connectivity index (χ0n) is 10.6. The quantitative estimate of drug-likeness (QED) is 0.674. The molecule has 5 heteroatoms. The minimum Gasteiger partial charge on any atom is -0.391 e. The molecule has 0 saturated heterocycles. The molecule has 0 spiro atoms. The van der Waals surface area contributed by atoms with Crippen LogP contribution in [-0.4, -0.2) is 37.5 Å². The molecule has 0 aliphatic rings. The number of rotatable bonds is 7. The highest BCUT2D eigenvalue weighted by molar-refractivity contribution is 5.73. The van der Waals surface area contributed by atoms with Crippen LogP contribution in [0.5, 0.6) is 0 Å². The smallest absolute Gasteiger partial charge is 0.315 e. The highest BCUT2D eigenvalue weighted by Crippen LogP contribution is 1.96. The lowest BCUT2D eigenvalue weighted by atomic mass is 10.2. The van der Waals surface area contributed by atoms with Gasteiger partial charge in [0.15, 0.2) is 0 Å². The topological polar surface area (TPSA) is 70.6 Å². The third-order valence-electron chi connectivity index (χ3n) is 2.42. The molecule has 0 aromatic heterocycles. The number of benzene rings is 1. The number of amides is 2. The Bertz CT molecular complexity index is 343. The number of carbonyl (C=O) groups is 1. The molecule has 0 radical (unpaired) electrons. The lowest BCUT2D eigenvalue weighted by Gasteiger charge is -2.11. The second-order valence-corrected chi connectivity index (χ2v) is 3.99. The van der Waals surface area contributed by atoms with Crippen LogP contribution in [0.25, 0.3) is 0 Å². The lowest BCUT2D eigenvalue weighted by Crippen LogP contribution is -2.36. The van der Waals surface area contributed by atoms with Crippen LogP contribution in [0.3, 0.4) is 0 Å². The number of aliphatic hydroxyl groups is 1. The number of hydrogen-bond acceptors (Lipinski definition) is 3. The predicted molar refractivity (Wildman–Crippen MR) is 69.2 cm³/mol. The Balaban J connectivity index is 2.11. The maximum absolute atomic E-state index is 11.4. The van der Waals surface area contributed by atoms with E-state index in [2.05, 4.69) is 10.6 Å². The molecule has 0 aliphatic heterocycles. The molecule has 0 fully saturated rings. The Morgan fingerprint density at radius 2 is 2.06 bits per heavy atom. The van der Waals surface area contributed by atoms with Gasteiger partial charge >= 0.3 is 6.03 Å². The van der Waals surface area contributed by atoms with Gasteiger partial charge in [0.2, 0.25) is 0 Å². The summed E-state index contributed by atoms with van der Waals surface area (Å²) in [7, 11) is 1.53. The van der Waals surface area contributed by atoms with Gasteiger partial charge in [-0.25, -0.2) is 4.79 Å². The summed E-state index contributed by atoms with van der Waals surface area (Å²) in [5.41, 5.74) is 1.05. The fourth-order valence-electron chi connectivity index (χ4n) is 1.47. The SMILES string of the molecule is COCC(O)CCNC(=O)NCc1ccccc1. The summed E-state index contributed by atoms with van der Waals surface area (Å²) in [5, 5.41) is 14.8. The highest BCUT2D eigenvalue weighted by Gasteiger charge is 2.04. The second-order valence-electron chi connectivity index (χ2n) is 3.99. The number of ether oxygens (including phenoxy) is 1. The highest BCUT2D eigenvalue weighted by atomic mass is 16.5. The summed E-state index contributed by atoms with van der Waals surface area (Å²) in [5.74, 6) is 0. The van der Waals surface area contributed by atoms with Crippen molar-refractivity contribution in [3.63, 3.8) is 0 Å². The fourth-order valence-corrected chi connectivity index (χ4v) is 1.47. The van der Waals surface area contributed by atoms with Crippen molar-refractivity contribution in [3.8, 4) is 0 Å². The van der Waals surface area contributed by atoms with Crippen molar-refractivity contribution in [2.24, 2.45) is 0 Å². The Labute approximate surface area is 107 Å². The molecule has 18 heavy (non-hydrogen) atoms. The number of aliphatic hydroxyl groups excluding tert-OH is 1. The largest absolute Gasteiger partial charge is 0.391 e. The summed E-state index contributed by atoms with van der Waals surface area (Å²) in [4.78, 5) is 11.4. The van der Waals surface area contributed by atoms with Crippen molar-refractivity contribution >= 4 is 6.03 Å². The van der Waals surface area contributed by atoms with E-state index in [1.165, 1.54) is 7.11 Å². The van der Waals surface area contributed by atoms with Gasteiger partial charge in [-0.1, -0.05) is 30.3 Å². The van der Waals surface area contributed by atoms with Gasteiger partial charge < -0.3 is 20.5 Å². The van der Waals surface area contributed by atoms with Gasteiger partial charge in [0, 0.05) is 20.2 Å². The summed E-state index contributed by atoms with van der Waals surface area (Å²) >= 11 is 0. The summed E-state index contributed by atoms with van der Waals surface area (Å²) in [6.45, 7) is 1.20. The molecule has 3 N–H and O–H groups in total. The minimum atomic E-state index is -0.538. The third kappa shape index (κ3) is 6.22. The second kappa shape index (κ2) is 8.49. The maximum Gasteiger partial charge on any atom is 0.315 e. The van der Waals surface area contributed by atoms with Gasteiger partial charge in [0.1, 0.15) is 0 Å². The molecule has 0 saturated carbocycles. The molecular formula is C13H20N2O3. The molecule has 1 atom stereocenters. The number of nitrogens with one attached hydrogen (secondary N) is 2. The Morgan fingerprint density at radius 3 is 2.72 bits per heavy atom. The van der Waals surface area contributed by atoms with E-state index < -0.39 is 6.10 Å². The van der Waals surface area contributed by atoms with Gasteiger partial charge in [-0.05, 0) is 12.0 Å². The lowest BCUT2D eigenvalue weighted by molar-refractivity contribution is 0.0598. The molecule has 1 aromatic carbocycles. The molecule has 0 heterocycles. The van der Waals surface area contributed by atoms with Gasteiger partial charge in [0.05, 0.1) is 12.7 Å². The molecular weight excluding hydrogens is 232 g/mol. The fraction of sp³-hybridized carbons (Fsp3) is 0.462. The number of urea groups is 1. The van der Waals surface area contributed by atoms with Crippen molar-refractivity contribution in [1.82, 2.24) is 10.6 Å². The molecule has 1 unspecified atom stereocenters. The first-order chi connectivity index (χ1) is 8.72. The molecule has 0 aliphatic carbocycles. The van der Waals surface area contributed by atoms with Gasteiger partial charge in [-0.3, -0.25) is 0 Å². The standard InChI is InChI=1S/C13H20N2O3/c1-18-10-12(16)7-8-14-13(17)15-9-11-5-3-2-4-6-11/h2-6,12,16H,7-10H2,1H3,(H2,14,15,17). The minimum absolute atomic E-state index is 0.233. The molecule has 5 nitrogen and oxygen atoms in total. The number of carbonyl (C=O) groups excluding carboxylic acids is 1. The van der Waals surface area contributed by atoms with E-state index in [1.807, 2.05) is 30.3 Å². The van der Waals surface area contributed by atoms with Crippen molar-refractivity contribution in [3.05, 3.63) is 35.9 Å². The zero-order valence-corrected chi connectivity index (χ0v) is 10.6. The van der Waals surface area contributed by atoms with Crippen molar-refractivity contribution < 1.29 is 14.6 Å². The van der Waals surface area contributed by atoms with Gasteiger partial charge in [-0.15, -0.1) is 0 Å². The van der Waals surface area contributed by atoms with Crippen LogP contribution in [0.2, 0.25) is 0 Å². The van der Waals surface area contributed by atoms with Crippen LogP contribution < -0.4 is 10.6 Å². The number of hydrogen-bond donors (Lipinski definition) is 3. The van der Waals surface area contributed by atoms with Crippen LogP contribution in [-0.2, 0) is 11.3 Å². The van der Waals surface area contributed by atoms with E-state index in [9.17, 15) is 9.90 Å². The first-order valence-corrected chi connectivity index (χ1v) is 5.95. The van der Waals surface area contributed by atoms with Crippen LogP contribution in [0.15, 0.2) is 30.3 Å². The molecule has 2 amide bonds. The van der Waals surface area contributed by atoms with Crippen LogP contribution in [0, 0.1) is 0 Å². The van der Waals surface area contributed by atoms with E-state index >= 15 is 0 Å². The van der Waals surface area contributed by atoms with Crippen molar-refractivity contribution in [1.29, 1.82) is 0 Å². The number of methoxy groups -OCH3 is 1. The van der Waals surface area contributed by atoms with Gasteiger partial charge in [-0.2, -0.15) is 0 Å². The van der Waals surface area contributed by atoms with E-state index in [0.717, 1.165) is 5.56 Å². The molecule has 1 aromatic rings. The van der Waals surface area contributed by atoms with Crippen LogP contribution in [0.4, 0.5) is 4.79 Å². The predicted octanol–water partition coefficient (Wildman–Crippen LogP) is 0.883. The van der Waals surface area contributed by atoms with E-state index in [1.54, 1.807) is 0 Å². The molecule has 1 rings (SSSR count).